The summed E-state index contributed by atoms with van der Waals surface area (Å²) in [6.07, 6.45) is 0. The van der Waals surface area contributed by atoms with E-state index in [-0.39, 0.29) is 11.9 Å². The highest BCUT2D eigenvalue weighted by Crippen LogP contribution is 2.26. The zero-order chi connectivity index (χ0) is 20.6. The van der Waals surface area contributed by atoms with Gasteiger partial charge in [-0.3, -0.25) is 9.69 Å². The van der Waals surface area contributed by atoms with Crippen molar-refractivity contribution in [3.05, 3.63) is 53.6 Å². The number of morpholine rings is 1. The van der Waals surface area contributed by atoms with E-state index in [2.05, 4.69) is 10.2 Å². The molecule has 0 aromatic heterocycles. The molecule has 1 amide bonds. The third-order valence-electron chi connectivity index (χ3n) is 5.10. The summed E-state index contributed by atoms with van der Waals surface area (Å²) in [4.78, 5) is 15.2. The van der Waals surface area contributed by atoms with E-state index in [1.165, 1.54) is 0 Å². The zero-order valence-electron chi connectivity index (χ0n) is 17.1. The Balaban J connectivity index is 1.76. The largest absolute Gasteiger partial charge is 0.497 e. The van der Waals surface area contributed by atoms with Crippen LogP contribution in [0.2, 0.25) is 0 Å². The van der Waals surface area contributed by atoms with Gasteiger partial charge in [-0.15, -0.1) is 0 Å². The Morgan fingerprint density at radius 1 is 1.00 bits per heavy atom. The quantitative estimate of drug-likeness (QED) is 0.734. The van der Waals surface area contributed by atoms with Gasteiger partial charge in [0.05, 0.1) is 46.1 Å². The molecule has 0 radical (unpaired) electrons. The van der Waals surface area contributed by atoms with E-state index in [0.29, 0.717) is 36.8 Å². The van der Waals surface area contributed by atoms with Crippen LogP contribution in [0.1, 0.15) is 22.0 Å². The molecular formula is C22H28N2O5. The molecule has 1 aliphatic heterocycles. The lowest BCUT2D eigenvalue weighted by molar-refractivity contribution is 0.0162. The van der Waals surface area contributed by atoms with Crippen molar-refractivity contribution in [1.29, 1.82) is 0 Å². The molecule has 7 heteroatoms. The lowest BCUT2D eigenvalue weighted by Crippen LogP contribution is -2.43. The summed E-state index contributed by atoms with van der Waals surface area (Å²) in [5.74, 6) is 1.75. The first-order chi connectivity index (χ1) is 14.2. The first-order valence-corrected chi connectivity index (χ1v) is 9.62. The first-order valence-electron chi connectivity index (χ1n) is 9.62. The van der Waals surface area contributed by atoms with Crippen molar-refractivity contribution in [2.75, 3.05) is 54.2 Å². The highest BCUT2D eigenvalue weighted by Gasteiger charge is 2.24. The molecule has 2 aromatic rings. The van der Waals surface area contributed by atoms with Crippen molar-refractivity contribution in [2.24, 2.45) is 0 Å². The van der Waals surface area contributed by atoms with E-state index in [9.17, 15) is 4.79 Å². The number of nitrogens with one attached hydrogen (secondary N) is 1. The molecule has 1 N–H and O–H groups in total. The fourth-order valence-electron chi connectivity index (χ4n) is 3.44. The molecule has 1 fully saturated rings. The average molecular weight is 400 g/mol. The summed E-state index contributed by atoms with van der Waals surface area (Å²) in [5.41, 5.74) is 1.60. The van der Waals surface area contributed by atoms with Crippen LogP contribution in [0.15, 0.2) is 42.5 Å². The minimum Gasteiger partial charge on any atom is -0.497 e. The maximum absolute atomic E-state index is 12.8. The number of hydrogen-bond acceptors (Lipinski definition) is 6. The monoisotopic (exact) mass is 400 g/mol. The lowest BCUT2D eigenvalue weighted by atomic mass is 10.0. The van der Waals surface area contributed by atoms with Crippen LogP contribution in [0, 0.1) is 0 Å². The summed E-state index contributed by atoms with van der Waals surface area (Å²) in [6.45, 7) is 3.48. The Morgan fingerprint density at radius 2 is 1.66 bits per heavy atom. The van der Waals surface area contributed by atoms with Crippen molar-refractivity contribution in [3.8, 4) is 17.2 Å². The van der Waals surface area contributed by atoms with Crippen LogP contribution in [0.3, 0.4) is 0 Å². The maximum Gasteiger partial charge on any atom is 0.255 e. The van der Waals surface area contributed by atoms with E-state index in [1.54, 1.807) is 39.5 Å². The Labute approximate surface area is 171 Å². The lowest BCUT2D eigenvalue weighted by Gasteiger charge is -2.35. The molecule has 2 aromatic carbocycles. The minimum absolute atomic E-state index is 0.0398. The molecular weight excluding hydrogens is 372 g/mol. The number of amides is 1. The average Bonchev–Trinajstić information content (AvgIpc) is 2.79. The Bertz CT molecular complexity index is 803. The summed E-state index contributed by atoms with van der Waals surface area (Å²) in [7, 11) is 4.77. The molecule has 1 heterocycles. The van der Waals surface area contributed by atoms with E-state index in [1.807, 2.05) is 24.3 Å². The molecule has 3 rings (SSSR count). The van der Waals surface area contributed by atoms with Crippen LogP contribution in [0.5, 0.6) is 17.2 Å². The summed E-state index contributed by atoms with van der Waals surface area (Å²) >= 11 is 0. The van der Waals surface area contributed by atoms with Gasteiger partial charge in [0.15, 0.2) is 0 Å². The number of benzene rings is 2. The van der Waals surface area contributed by atoms with Crippen molar-refractivity contribution < 1.29 is 23.7 Å². The second-order valence-corrected chi connectivity index (χ2v) is 6.71. The number of nitrogens with zero attached hydrogens (tertiary/aromatic N) is 1. The summed E-state index contributed by atoms with van der Waals surface area (Å²) in [6, 6.07) is 13.2. The molecule has 0 bridgehead atoms. The van der Waals surface area contributed by atoms with Crippen molar-refractivity contribution in [3.63, 3.8) is 0 Å². The molecule has 1 atom stereocenters. The first kappa shape index (κ1) is 21.0. The van der Waals surface area contributed by atoms with Gasteiger partial charge in [0, 0.05) is 25.7 Å². The number of carbonyl (C=O) groups excluding carboxylic acids is 1. The van der Waals surface area contributed by atoms with Gasteiger partial charge in [-0.25, -0.2) is 0 Å². The fraction of sp³-hybridized carbons (Fsp3) is 0.409. The zero-order valence-corrected chi connectivity index (χ0v) is 17.1. The van der Waals surface area contributed by atoms with Crippen LogP contribution in [0.4, 0.5) is 0 Å². The molecule has 156 valence electrons. The van der Waals surface area contributed by atoms with Gasteiger partial charge >= 0.3 is 0 Å². The van der Waals surface area contributed by atoms with E-state index < -0.39 is 0 Å². The fourth-order valence-corrected chi connectivity index (χ4v) is 3.44. The van der Waals surface area contributed by atoms with Crippen molar-refractivity contribution in [2.45, 2.75) is 6.04 Å². The number of rotatable bonds is 8. The van der Waals surface area contributed by atoms with Gasteiger partial charge in [-0.1, -0.05) is 12.1 Å². The predicted molar refractivity (Wildman–Crippen MR) is 110 cm³/mol. The van der Waals surface area contributed by atoms with Crippen LogP contribution in [-0.2, 0) is 4.74 Å². The Hall–Kier alpha value is -2.77. The molecule has 1 saturated heterocycles. The highest BCUT2D eigenvalue weighted by atomic mass is 16.5. The minimum atomic E-state index is -0.184. The van der Waals surface area contributed by atoms with E-state index >= 15 is 0 Å². The van der Waals surface area contributed by atoms with Crippen LogP contribution >= 0.6 is 0 Å². The molecule has 7 nitrogen and oxygen atoms in total. The van der Waals surface area contributed by atoms with Gasteiger partial charge in [0.2, 0.25) is 0 Å². The number of carbonyl (C=O) groups is 1. The predicted octanol–water partition coefficient (Wildman–Crippen LogP) is 2.52. The van der Waals surface area contributed by atoms with Crippen molar-refractivity contribution in [1.82, 2.24) is 10.2 Å². The second-order valence-electron chi connectivity index (χ2n) is 6.71. The summed E-state index contributed by atoms with van der Waals surface area (Å²) < 4.78 is 21.3. The van der Waals surface area contributed by atoms with Gasteiger partial charge in [-0.2, -0.15) is 0 Å². The molecule has 1 aliphatic rings. The van der Waals surface area contributed by atoms with Gasteiger partial charge < -0.3 is 24.3 Å². The smallest absolute Gasteiger partial charge is 0.255 e. The number of ether oxygens (including phenoxy) is 4. The topological polar surface area (TPSA) is 69.3 Å². The Morgan fingerprint density at radius 3 is 2.28 bits per heavy atom. The third kappa shape index (κ3) is 5.19. The maximum atomic E-state index is 12.8. The highest BCUT2D eigenvalue weighted by molar-refractivity contribution is 5.97. The second kappa shape index (κ2) is 10.1. The number of hydrogen-bond donors (Lipinski definition) is 1. The van der Waals surface area contributed by atoms with Crippen LogP contribution in [0.25, 0.3) is 0 Å². The molecule has 1 unspecified atom stereocenters. The van der Waals surface area contributed by atoms with Crippen LogP contribution in [-0.4, -0.2) is 65.0 Å². The molecule has 29 heavy (non-hydrogen) atoms. The summed E-state index contributed by atoms with van der Waals surface area (Å²) in [5, 5.41) is 3.06. The van der Waals surface area contributed by atoms with Gasteiger partial charge in [0.1, 0.15) is 17.2 Å². The standard InChI is InChI=1S/C22H28N2O5/c1-26-17-6-4-16(5-7-17)20(24-10-12-29-13-11-24)15-23-22(25)19-9-8-18(27-2)14-21(19)28-3/h4-9,14,20H,10-13,15H2,1-3H3,(H,23,25). The van der Waals surface area contributed by atoms with Gasteiger partial charge in [-0.05, 0) is 29.8 Å². The molecule has 0 spiro atoms. The normalized spacial score (nSPS) is 15.4. The van der Waals surface area contributed by atoms with Gasteiger partial charge in [0.25, 0.3) is 5.91 Å². The number of methoxy groups -OCH3 is 3. The van der Waals surface area contributed by atoms with Crippen LogP contribution < -0.4 is 19.5 Å². The molecule has 0 aliphatic carbocycles. The third-order valence-corrected chi connectivity index (χ3v) is 5.10. The Kier molecular flexibility index (Phi) is 7.32. The van der Waals surface area contributed by atoms with E-state index in [4.69, 9.17) is 18.9 Å². The molecule has 0 saturated carbocycles. The van der Waals surface area contributed by atoms with Crippen molar-refractivity contribution >= 4 is 5.91 Å². The van der Waals surface area contributed by atoms with E-state index in [0.717, 1.165) is 24.4 Å². The SMILES string of the molecule is COc1ccc(C(CNC(=O)c2ccc(OC)cc2OC)N2CCOCC2)cc1.